The number of benzene rings is 1. The Morgan fingerprint density at radius 2 is 2.38 bits per heavy atom. The quantitative estimate of drug-likeness (QED) is 0.751. The molecule has 0 aromatic heterocycles. The van der Waals surface area contributed by atoms with E-state index in [1.807, 2.05) is 6.07 Å². The molecule has 0 saturated heterocycles. The summed E-state index contributed by atoms with van der Waals surface area (Å²) in [6.07, 6.45) is 0.272. The summed E-state index contributed by atoms with van der Waals surface area (Å²) in [6.45, 7) is 0. The highest BCUT2D eigenvalue weighted by Crippen LogP contribution is 2.10. The highest BCUT2D eigenvalue weighted by atomic mass is 35.5. The molecular formula is C9H10ClNO2. The van der Waals surface area contributed by atoms with Gasteiger partial charge in [0.2, 0.25) is 5.91 Å². The second-order valence-electron chi connectivity index (χ2n) is 2.54. The van der Waals surface area contributed by atoms with Crippen LogP contribution >= 0.6 is 11.6 Å². The molecule has 1 N–H and O–H groups in total. The summed E-state index contributed by atoms with van der Waals surface area (Å²) < 4.78 is 0. The van der Waals surface area contributed by atoms with Crippen molar-refractivity contribution in [3.8, 4) is 0 Å². The van der Waals surface area contributed by atoms with E-state index in [0.29, 0.717) is 5.02 Å². The molecule has 1 aromatic rings. The molecule has 0 atom stereocenters. The van der Waals surface area contributed by atoms with E-state index in [1.54, 1.807) is 18.2 Å². The van der Waals surface area contributed by atoms with Gasteiger partial charge in [-0.1, -0.05) is 23.7 Å². The van der Waals surface area contributed by atoms with Crippen molar-refractivity contribution in [2.24, 2.45) is 0 Å². The van der Waals surface area contributed by atoms with Crippen LogP contribution in [0.2, 0.25) is 5.02 Å². The van der Waals surface area contributed by atoms with Gasteiger partial charge in [-0.25, -0.2) is 5.48 Å². The van der Waals surface area contributed by atoms with Crippen LogP contribution in [0, 0.1) is 0 Å². The van der Waals surface area contributed by atoms with Crippen LogP contribution in [-0.2, 0) is 16.1 Å². The lowest BCUT2D eigenvalue weighted by Gasteiger charge is -2.01. The topological polar surface area (TPSA) is 38.3 Å². The SMILES string of the molecule is CONC(=O)Cc1cccc(Cl)c1. The second kappa shape index (κ2) is 4.84. The Hall–Kier alpha value is -1.06. The van der Waals surface area contributed by atoms with Crippen LogP contribution in [0.25, 0.3) is 0 Å². The van der Waals surface area contributed by atoms with Crippen molar-refractivity contribution in [2.45, 2.75) is 6.42 Å². The molecule has 3 nitrogen and oxygen atoms in total. The maximum atomic E-state index is 11.0. The zero-order chi connectivity index (χ0) is 9.68. The van der Waals surface area contributed by atoms with Crippen molar-refractivity contribution in [3.63, 3.8) is 0 Å². The number of rotatable bonds is 3. The number of hydrogen-bond donors (Lipinski definition) is 1. The van der Waals surface area contributed by atoms with E-state index in [4.69, 9.17) is 11.6 Å². The number of carbonyl (C=O) groups excluding carboxylic acids is 1. The lowest BCUT2D eigenvalue weighted by Crippen LogP contribution is -2.23. The van der Waals surface area contributed by atoms with E-state index in [9.17, 15) is 4.79 Å². The fourth-order valence-corrected chi connectivity index (χ4v) is 1.20. The number of halogens is 1. The van der Waals surface area contributed by atoms with E-state index >= 15 is 0 Å². The smallest absolute Gasteiger partial charge is 0.247 e. The average molecular weight is 200 g/mol. The Balaban J connectivity index is 2.58. The summed E-state index contributed by atoms with van der Waals surface area (Å²) in [5.74, 6) is -0.190. The molecule has 1 aromatic carbocycles. The van der Waals surface area contributed by atoms with Gasteiger partial charge in [0.05, 0.1) is 13.5 Å². The van der Waals surface area contributed by atoms with E-state index in [-0.39, 0.29) is 12.3 Å². The summed E-state index contributed by atoms with van der Waals surface area (Å²) in [4.78, 5) is 15.5. The molecule has 1 amide bonds. The van der Waals surface area contributed by atoms with Crippen LogP contribution < -0.4 is 5.48 Å². The first-order valence-electron chi connectivity index (χ1n) is 3.78. The summed E-state index contributed by atoms with van der Waals surface area (Å²) in [7, 11) is 1.40. The molecule has 0 heterocycles. The molecule has 1 rings (SSSR count). The van der Waals surface area contributed by atoms with Gasteiger partial charge < -0.3 is 0 Å². The predicted octanol–water partition coefficient (Wildman–Crippen LogP) is 1.56. The van der Waals surface area contributed by atoms with Crippen molar-refractivity contribution in [1.29, 1.82) is 0 Å². The van der Waals surface area contributed by atoms with Crippen molar-refractivity contribution >= 4 is 17.5 Å². The third-order valence-corrected chi connectivity index (χ3v) is 1.70. The first-order chi connectivity index (χ1) is 6.22. The fourth-order valence-electron chi connectivity index (χ4n) is 0.982. The number of hydroxylamine groups is 1. The highest BCUT2D eigenvalue weighted by Gasteiger charge is 2.02. The predicted molar refractivity (Wildman–Crippen MR) is 50.3 cm³/mol. The monoisotopic (exact) mass is 199 g/mol. The van der Waals surface area contributed by atoms with Crippen molar-refractivity contribution in [2.75, 3.05) is 7.11 Å². The minimum atomic E-state index is -0.190. The van der Waals surface area contributed by atoms with Gasteiger partial charge in [0.25, 0.3) is 0 Å². The third kappa shape index (κ3) is 3.44. The van der Waals surface area contributed by atoms with Gasteiger partial charge >= 0.3 is 0 Å². The van der Waals surface area contributed by atoms with Crippen LogP contribution in [0.1, 0.15) is 5.56 Å². The average Bonchev–Trinajstić information content (AvgIpc) is 2.04. The van der Waals surface area contributed by atoms with Crippen molar-refractivity contribution in [1.82, 2.24) is 5.48 Å². The molecule has 13 heavy (non-hydrogen) atoms. The van der Waals surface area contributed by atoms with Crippen LogP contribution in [-0.4, -0.2) is 13.0 Å². The summed E-state index contributed by atoms with van der Waals surface area (Å²) in [5.41, 5.74) is 3.09. The lowest BCUT2D eigenvalue weighted by molar-refractivity contribution is -0.130. The Kier molecular flexibility index (Phi) is 3.73. The molecule has 70 valence electrons. The maximum absolute atomic E-state index is 11.0. The van der Waals surface area contributed by atoms with Gasteiger partial charge in [0, 0.05) is 5.02 Å². The van der Waals surface area contributed by atoms with Gasteiger partial charge in [-0.2, -0.15) is 0 Å². The molecule has 0 spiro atoms. The molecule has 0 fully saturated rings. The normalized spacial score (nSPS) is 9.69. The van der Waals surface area contributed by atoms with Gasteiger partial charge in [0.1, 0.15) is 0 Å². The Bertz CT molecular complexity index is 301. The molecule has 0 aliphatic carbocycles. The van der Waals surface area contributed by atoms with Crippen molar-refractivity contribution < 1.29 is 9.63 Å². The number of hydrogen-bond acceptors (Lipinski definition) is 2. The van der Waals surface area contributed by atoms with E-state index in [1.165, 1.54) is 7.11 Å². The molecule has 0 unspecified atom stereocenters. The van der Waals surface area contributed by atoms with Crippen molar-refractivity contribution in [3.05, 3.63) is 34.9 Å². The van der Waals surface area contributed by atoms with Crippen LogP contribution in [0.5, 0.6) is 0 Å². The maximum Gasteiger partial charge on any atom is 0.247 e. The summed E-state index contributed by atoms with van der Waals surface area (Å²) in [5, 5.41) is 0.628. The van der Waals surface area contributed by atoms with Gasteiger partial charge in [-0.05, 0) is 17.7 Å². The zero-order valence-corrected chi connectivity index (χ0v) is 7.97. The number of carbonyl (C=O) groups is 1. The highest BCUT2D eigenvalue weighted by molar-refractivity contribution is 6.30. The first-order valence-corrected chi connectivity index (χ1v) is 4.16. The van der Waals surface area contributed by atoms with E-state index in [0.717, 1.165) is 5.56 Å². The van der Waals surface area contributed by atoms with Gasteiger partial charge in [0.15, 0.2) is 0 Å². The van der Waals surface area contributed by atoms with Crippen LogP contribution in [0.4, 0.5) is 0 Å². The van der Waals surface area contributed by atoms with Crippen LogP contribution in [0.3, 0.4) is 0 Å². The molecule has 0 bridgehead atoms. The molecule has 4 heteroatoms. The molecule has 0 saturated carbocycles. The summed E-state index contributed by atoms with van der Waals surface area (Å²) in [6, 6.07) is 7.15. The second-order valence-corrected chi connectivity index (χ2v) is 2.97. The largest absolute Gasteiger partial charge is 0.277 e. The van der Waals surface area contributed by atoms with E-state index in [2.05, 4.69) is 10.3 Å². The lowest BCUT2D eigenvalue weighted by atomic mass is 10.1. The molecule has 0 aliphatic heterocycles. The standard InChI is InChI=1S/C9H10ClNO2/c1-13-11-9(12)6-7-3-2-4-8(10)5-7/h2-5H,6H2,1H3,(H,11,12). The van der Waals surface area contributed by atoms with Gasteiger partial charge in [-0.15, -0.1) is 0 Å². The minimum absolute atomic E-state index is 0.190. The van der Waals surface area contributed by atoms with Crippen LogP contribution in [0.15, 0.2) is 24.3 Å². The summed E-state index contributed by atoms with van der Waals surface area (Å²) >= 11 is 5.74. The Morgan fingerprint density at radius 3 is 3.00 bits per heavy atom. The number of nitrogens with one attached hydrogen (secondary N) is 1. The zero-order valence-electron chi connectivity index (χ0n) is 7.21. The molecule has 0 radical (unpaired) electrons. The molecular weight excluding hydrogens is 190 g/mol. The first kappa shape index (κ1) is 10.0. The van der Waals surface area contributed by atoms with E-state index < -0.39 is 0 Å². The fraction of sp³-hybridized carbons (Fsp3) is 0.222. The van der Waals surface area contributed by atoms with Gasteiger partial charge in [-0.3, -0.25) is 9.63 Å². The Labute approximate surface area is 81.6 Å². The third-order valence-electron chi connectivity index (χ3n) is 1.47. The number of amides is 1. The minimum Gasteiger partial charge on any atom is -0.277 e. The Morgan fingerprint density at radius 1 is 1.62 bits per heavy atom. The molecule has 0 aliphatic rings.